The van der Waals surface area contributed by atoms with Crippen molar-refractivity contribution in [2.45, 2.75) is 13.0 Å². The SMILES string of the molecule is COCCN1C(=O)NC(c2cccc(Cl)c2)C(C(=O)OC)=C1C. The number of methoxy groups -OCH3 is 2. The number of nitrogens with one attached hydrogen (secondary N) is 1. The van der Waals surface area contributed by atoms with Gasteiger partial charge in [0, 0.05) is 17.8 Å². The molecule has 6 nitrogen and oxygen atoms in total. The Morgan fingerprint density at radius 2 is 2.13 bits per heavy atom. The molecule has 0 saturated heterocycles. The molecule has 23 heavy (non-hydrogen) atoms. The normalized spacial score (nSPS) is 18.0. The highest BCUT2D eigenvalue weighted by atomic mass is 35.5. The Morgan fingerprint density at radius 3 is 2.74 bits per heavy atom. The number of ether oxygens (including phenoxy) is 2. The van der Waals surface area contributed by atoms with Crippen molar-refractivity contribution in [2.75, 3.05) is 27.4 Å². The molecule has 0 aromatic heterocycles. The Hall–Kier alpha value is -2.05. The number of amides is 2. The van der Waals surface area contributed by atoms with Gasteiger partial charge in [0.1, 0.15) is 0 Å². The van der Waals surface area contributed by atoms with E-state index in [-0.39, 0.29) is 6.03 Å². The zero-order valence-corrected chi connectivity index (χ0v) is 14.0. The van der Waals surface area contributed by atoms with Crippen LogP contribution >= 0.6 is 11.6 Å². The number of benzene rings is 1. The van der Waals surface area contributed by atoms with Crippen LogP contribution in [0.2, 0.25) is 5.02 Å². The van der Waals surface area contributed by atoms with Gasteiger partial charge in [0.25, 0.3) is 0 Å². The number of esters is 1. The van der Waals surface area contributed by atoms with E-state index in [0.29, 0.717) is 29.4 Å². The van der Waals surface area contributed by atoms with Crippen LogP contribution in [0.1, 0.15) is 18.5 Å². The molecule has 1 N–H and O–H groups in total. The van der Waals surface area contributed by atoms with Crippen molar-refractivity contribution in [3.05, 3.63) is 46.1 Å². The van der Waals surface area contributed by atoms with Gasteiger partial charge in [-0.1, -0.05) is 23.7 Å². The average Bonchev–Trinajstić information content (AvgIpc) is 2.53. The lowest BCUT2D eigenvalue weighted by molar-refractivity contribution is -0.136. The van der Waals surface area contributed by atoms with E-state index in [2.05, 4.69) is 5.32 Å². The first kappa shape index (κ1) is 17.3. The third-order valence-corrected chi connectivity index (χ3v) is 3.94. The summed E-state index contributed by atoms with van der Waals surface area (Å²) in [7, 11) is 2.87. The maximum atomic E-state index is 12.4. The number of hydrogen-bond donors (Lipinski definition) is 1. The molecule has 0 radical (unpaired) electrons. The summed E-state index contributed by atoms with van der Waals surface area (Å²) in [6.45, 7) is 2.43. The maximum Gasteiger partial charge on any atom is 0.337 e. The number of nitrogens with zero attached hydrogens (tertiary/aromatic N) is 1. The minimum atomic E-state index is -0.604. The number of urea groups is 1. The molecular weight excluding hydrogens is 320 g/mol. The van der Waals surface area contributed by atoms with Crippen molar-refractivity contribution in [1.82, 2.24) is 10.2 Å². The van der Waals surface area contributed by atoms with Gasteiger partial charge in [0.2, 0.25) is 0 Å². The van der Waals surface area contributed by atoms with E-state index in [0.717, 1.165) is 5.56 Å². The summed E-state index contributed by atoms with van der Waals surface area (Å²) in [5.74, 6) is -0.491. The van der Waals surface area contributed by atoms with Gasteiger partial charge in [-0.2, -0.15) is 0 Å². The van der Waals surface area contributed by atoms with Crippen molar-refractivity contribution in [3.63, 3.8) is 0 Å². The van der Waals surface area contributed by atoms with Crippen LogP contribution in [0.5, 0.6) is 0 Å². The molecule has 1 unspecified atom stereocenters. The van der Waals surface area contributed by atoms with Crippen LogP contribution in [-0.2, 0) is 14.3 Å². The molecule has 7 heteroatoms. The van der Waals surface area contributed by atoms with Gasteiger partial charge in [0.05, 0.1) is 31.9 Å². The Labute approximate surface area is 140 Å². The molecule has 1 aliphatic heterocycles. The van der Waals surface area contributed by atoms with E-state index in [9.17, 15) is 9.59 Å². The molecule has 2 rings (SSSR count). The predicted molar refractivity (Wildman–Crippen MR) is 86.0 cm³/mol. The van der Waals surface area contributed by atoms with Crippen molar-refractivity contribution in [3.8, 4) is 0 Å². The van der Waals surface area contributed by atoms with Crippen LogP contribution in [0, 0.1) is 0 Å². The fraction of sp³-hybridized carbons (Fsp3) is 0.375. The number of hydrogen-bond acceptors (Lipinski definition) is 4. The molecule has 0 spiro atoms. The van der Waals surface area contributed by atoms with Crippen molar-refractivity contribution < 1.29 is 19.1 Å². The first-order valence-electron chi connectivity index (χ1n) is 7.11. The number of halogens is 1. The second kappa shape index (κ2) is 7.48. The molecule has 0 aliphatic carbocycles. The fourth-order valence-electron chi connectivity index (χ4n) is 2.54. The van der Waals surface area contributed by atoms with Gasteiger partial charge in [-0.25, -0.2) is 9.59 Å². The van der Waals surface area contributed by atoms with E-state index in [1.807, 2.05) is 0 Å². The van der Waals surface area contributed by atoms with Gasteiger partial charge in [0.15, 0.2) is 0 Å². The van der Waals surface area contributed by atoms with Crippen molar-refractivity contribution in [2.24, 2.45) is 0 Å². The third kappa shape index (κ3) is 3.65. The molecule has 1 aliphatic rings. The quantitative estimate of drug-likeness (QED) is 0.838. The van der Waals surface area contributed by atoms with Crippen LogP contribution in [-0.4, -0.2) is 44.3 Å². The monoisotopic (exact) mass is 338 g/mol. The highest BCUT2D eigenvalue weighted by molar-refractivity contribution is 6.30. The maximum absolute atomic E-state index is 12.4. The molecule has 0 saturated carbocycles. The minimum absolute atomic E-state index is 0.294. The van der Waals surface area contributed by atoms with Crippen molar-refractivity contribution in [1.29, 1.82) is 0 Å². The summed E-state index contributed by atoms with van der Waals surface area (Å²) >= 11 is 6.02. The molecule has 1 heterocycles. The summed E-state index contributed by atoms with van der Waals surface area (Å²) in [5, 5.41) is 3.36. The lowest BCUT2D eigenvalue weighted by Gasteiger charge is -2.35. The third-order valence-electron chi connectivity index (χ3n) is 3.70. The molecule has 1 atom stereocenters. The smallest absolute Gasteiger partial charge is 0.337 e. The first-order valence-corrected chi connectivity index (χ1v) is 7.49. The Balaban J connectivity index is 2.48. The Bertz CT molecular complexity index is 645. The summed E-state index contributed by atoms with van der Waals surface area (Å²) in [6, 6.07) is 6.12. The van der Waals surface area contributed by atoms with E-state index < -0.39 is 12.0 Å². The largest absolute Gasteiger partial charge is 0.466 e. The summed E-state index contributed by atoms with van der Waals surface area (Å²) < 4.78 is 9.90. The minimum Gasteiger partial charge on any atom is -0.466 e. The molecule has 0 fully saturated rings. The Morgan fingerprint density at radius 1 is 1.39 bits per heavy atom. The number of carbonyl (C=O) groups is 2. The van der Waals surface area contributed by atoms with Crippen molar-refractivity contribution >= 4 is 23.6 Å². The van der Waals surface area contributed by atoms with Crippen LogP contribution in [0.3, 0.4) is 0 Å². The highest BCUT2D eigenvalue weighted by Crippen LogP contribution is 2.32. The summed E-state index contributed by atoms with van der Waals surface area (Å²) in [4.78, 5) is 26.1. The second-order valence-electron chi connectivity index (χ2n) is 5.07. The topological polar surface area (TPSA) is 67.9 Å². The molecule has 1 aromatic rings. The van der Waals surface area contributed by atoms with E-state index in [1.165, 1.54) is 12.0 Å². The van der Waals surface area contributed by atoms with Gasteiger partial charge >= 0.3 is 12.0 Å². The zero-order valence-electron chi connectivity index (χ0n) is 13.3. The van der Waals surface area contributed by atoms with E-state index in [1.54, 1.807) is 38.3 Å². The van der Waals surface area contributed by atoms with Gasteiger partial charge in [-0.05, 0) is 24.6 Å². The van der Waals surface area contributed by atoms with Gasteiger partial charge in [-0.3, -0.25) is 4.90 Å². The molecule has 1 aromatic carbocycles. The first-order chi connectivity index (χ1) is 11.0. The van der Waals surface area contributed by atoms with Crippen LogP contribution in [0.15, 0.2) is 35.5 Å². The van der Waals surface area contributed by atoms with Gasteiger partial charge < -0.3 is 14.8 Å². The summed E-state index contributed by atoms with van der Waals surface area (Å²) in [6.07, 6.45) is 0. The number of allylic oxidation sites excluding steroid dienone is 1. The predicted octanol–water partition coefficient (Wildman–Crippen LogP) is 2.50. The van der Waals surface area contributed by atoms with Crippen LogP contribution in [0.4, 0.5) is 4.79 Å². The van der Waals surface area contributed by atoms with Gasteiger partial charge in [-0.15, -0.1) is 0 Å². The van der Waals surface area contributed by atoms with Crippen LogP contribution in [0.25, 0.3) is 0 Å². The molecule has 0 bridgehead atoms. The zero-order chi connectivity index (χ0) is 17.0. The highest BCUT2D eigenvalue weighted by Gasteiger charge is 2.36. The number of rotatable bonds is 5. The fourth-order valence-corrected chi connectivity index (χ4v) is 2.74. The standard InChI is InChI=1S/C16H19ClN2O4/c1-10-13(15(20)23-3)14(11-5-4-6-12(17)9-11)18-16(21)19(10)7-8-22-2/h4-6,9,14H,7-8H2,1-3H3,(H,18,21). The Kier molecular flexibility index (Phi) is 5.63. The molecule has 124 valence electrons. The lowest BCUT2D eigenvalue weighted by Crippen LogP contribution is -2.48. The molecular formula is C16H19ClN2O4. The molecule has 2 amide bonds. The van der Waals surface area contributed by atoms with E-state index in [4.69, 9.17) is 21.1 Å². The lowest BCUT2D eigenvalue weighted by atomic mass is 9.95. The number of carbonyl (C=O) groups excluding carboxylic acids is 2. The second-order valence-corrected chi connectivity index (χ2v) is 5.51. The summed E-state index contributed by atoms with van der Waals surface area (Å²) in [5.41, 5.74) is 1.64. The average molecular weight is 339 g/mol. The van der Waals surface area contributed by atoms with Crippen LogP contribution < -0.4 is 5.32 Å². The van der Waals surface area contributed by atoms with E-state index >= 15 is 0 Å².